The monoisotopic (exact) mass is 207 g/mol. The number of hydrogen-bond acceptors (Lipinski definition) is 3. The summed E-state index contributed by atoms with van der Waals surface area (Å²) in [4.78, 5) is 2.29. The van der Waals surface area contributed by atoms with Crippen LogP contribution in [0.4, 0.5) is 0 Å². The van der Waals surface area contributed by atoms with E-state index < -0.39 is 0 Å². The Morgan fingerprint density at radius 2 is 1.87 bits per heavy atom. The van der Waals surface area contributed by atoms with Crippen molar-refractivity contribution in [2.24, 2.45) is 0 Å². The molecule has 0 bridgehead atoms. The van der Waals surface area contributed by atoms with E-state index in [0.29, 0.717) is 5.92 Å². The minimum absolute atomic E-state index is 0.00794. The molecule has 1 aromatic carbocycles. The smallest absolute Gasteiger partial charge is 0.160 e. The van der Waals surface area contributed by atoms with Gasteiger partial charge in [-0.25, -0.2) is 0 Å². The van der Waals surface area contributed by atoms with Crippen LogP contribution in [0.25, 0.3) is 0 Å². The molecule has 3 heteroatoms. The molecular weight excluding hydrogens is 190 g/mol. The van der Waals surface area contributed by atoms with Gasteiger partial charge in [0.25, 0.3) is 0 Å². The van der Waals surface area contributed by atoms with E-state index in [1.165, 1.54) is 6.07 Å². The van der Waals surface area contributed by atoms with E-state index in [0.717, 1.165) is 31.5 Å². The zero-order chi connectivity index (χ0) is 10.8. The Labute approximate surface area is 90.0 Å². The van der Waals surface area contributed by atoms with Crippen molar-refractivity contribution in [3.05, 3.63) is 23.8 Å². The highest BCUT2D eigenvalue weighted by Crippen LogP contribution is 2.37. The first kappa shape index (κ1) is 10.3. The topological polar surface area (TPSA) is 43.7 Å². The molecule has 0 amide bonds. The van der Waals surface area contributed by atoms with Crippen LogP contribution in [0, 0.1) is 0 Å². The average Bonchev–Trinajstić information content (AvgIpc) is 2.24. The fourth-order valence-corrected chi connectivity index (χ4v) is 2.20. The molecule has 0 radical (unpaired) electrons. The number of rotatable bonds is 1. The van der Waals surface area contributed by atoms with Crippen LogP contribution in [0.15, 0.2) is 18.2 Å². The van der Waals surface area contributed by atoms with Gasteiger partial charge >= 0.3 is 0 Å². The molecule has 0 atom stereocenters. The number of para-hydroxylation sites is 1. The van der Waals surface area contributed by atoms with Gasteiger partial charge in [-0.15, -0.1) is 0 Å². The Hall–Kier alpha value is -1.22. The summed E-state index contributed by atoms with van der Waals surface area (Å²) in [5, 5.41) is 19.2. The van der Waals surface area contributed by atoms with Crippen LogP contribution in [-0.4, -0.2) is 35.3 Å². The van der Waals surface area contributed by atoms with Crippen molar-refractivity contribution in [1.82, 2.24) is 4.90 Å². The van der Waals surface area contributed by atoms with Gasteiger partial charge in [-0.3, -0.25) is 0 Å². The summed E-state index contributed by atoms with van der Waals surface area (Å²) < 4.78 is 0. The average molecular weight is 207 g/mol. The summed E-state index contributed by atoms with van der Waals surface area (Å²) in [6.45, 7) is 2.11. The van der Waals surface area contributed by atoms with Crippen molar-refractivity contribution in [1.29, 1.82) is 0 Å². The number of phenolic OH excluding ortho intramolecular Hbond substituents is 2. The molecule has 0 spiro atoms. The van der Waals surface area contributed by atoms with Gasteiger partial charge in [0.2, 0.25) is 0 Å². The summed E-state index contributed by atoms with van der Waals surface area (Å²) in [7, 11) is 2.11. The van der Waals surface area contributed by atoms with Crippen LogP contribution >= 0.6 is 0 Å². The van der Waals surface area contributed by atoms with Crippen LogP contribution in [0.2, 0.25) is 0 Å². The summed E-state index contributed by atoms with van der Waals surface area (Å²) >= 11 is 0. The van der Waals surface area contributed by atoms with Crippen molar-refractivity contribution in [2.45, 2.75) is 18.8 Å². The van der Waals surface area contributed by atoms with Gasteiger partial charge in [-0.05, 0) is 45.0 Å². The third-order valence-corrected chi connectivity index (χ3v) is 3.20. The van der Waals surface area contributed by atoms with Crippen molar-refractivity contribution < 1.29 is 10.2 Å². The summed E-state index contributed by atoms with van der Waals surface area (Å²) in [6, 6.07) is 5.22. The second kappa shape index (κ2) is 4.11. The summed E-state index contributed by atoms with van der Waals surface area (Å²) in [5.74, 6) is 0.437. The lowest BCUT2D eigenvalue weighted by Gasteiger charge is -2.29. The number of nitrogens with zero attached hydrogens (tertiary/aromatic N) is 1. The largest absolute Gasteiger partial charge is 0.504 e. The van der Waals surface area contributed by atoms with Crippen LogP contribution in [0.3, 0.4) is 0 Å². The van der Waals surface area contributed by atoms with Crippen molar-refractivity contribution >= 4 is 0 Å². The van der Waals surface area contributed by atoms with Gasteiger partial charge in [0.1, 0.15) is 0 Å². The fourth-order valence-electron chi connectivity index (χ4n) is 2.20. The first-order valence-corrected chi connectivity index (χ1v) is 5.38. The normalized spacial score (nSPS) is 19.3. The number of likely N-dealkylation sites (tertiary alicyclic amines) is 1. The molecule has 0 aromatic heterocycles. The molecule has 15 heavy (non-hydrogen) atoms. The number of hydrogen-bond donors (Lipinski definition) is 2. The van der Waals surface area contributed by atoms with E-state index in [2.05, 4.69) is 11.9 Å². The molecule has 2 N–H and O–H groups in total. The Morgan fingerprint density at radius 3 is 2.53 bits per heavy atom. The lowest BCUT2D eigenvalue weighted by atomic mass is 9.89. The third kappa shape index (κ3) is 2.07. The SMILES string of the molecule is CN1CCC(c2cccc(O)c2O)CC1. The molecule has 0 unspecified atom stereocenters. The van der Waals surface area contributed by atoms with Crippen LogP contribution in [0.1, 0.15) is 24.3 Å². The number of benzene rings is 1. The highest BCUT2D eigenvalue weighted by atomic mass is 16.3. The lowest BCUT2D eigenvalue weighted by molar-refractivity contribution is 0.252. The van der Waals surface area contributed by atoms with Crippen LogP contribution in [-0.2, 0) is 0 Å². The van der Waals surface area contributed by atoms with Crippen LogP contribution in [0.5, 0.6) is 11.5 Å². The van der Waals surface area contributed by atoms with E-state index in [4.69, 9.17) is 0 Å². The first-order chi connectivity index (χ1) is 7.18. The second-order valence-corrected chi connectivity index (χ2v) is 4.29. The number of aromatic hydroxyl groups is 2. The van der Waals surface area contributed by atoms with E-state index in [1.54, 1.807) is 6.07 Å². The number of phenols is 2. The highest BCUT2D eigenvalue weighted by molar-refractivity contribution is 5.46. The maximum Gasteiger partial charge on any atom is 0.160 e. The van der Waals surface area contributed by atoms with Gasteiger partial charge in [0.05, 0.1) is 0 Å². The third-order valence-electron chi connectivity index (χ3n) is 3.20. The quantitative estimate of drug-likeness (QED) is 0.691. The minimum Gasteiger partial charge on any atom is -0.504 e. The molecule has 3 nitrogen and oxygen atoms in total. The molecule has 0 saturated carbocycles. The minimum atomic E-state index is -0.00794. The van der Waals surface area contributed by atoms with Gasteiger partial charge in [0, 0.05) is 5.56 Å². The van der Waals surface area contributed by atoms with E-state index >= 15 is 0 Å². The Balaban J connectivity index is 2.19. The standard InChI is InChI=1S/C12H17NO2/c1-13-7-5-9(6-8-13)10-3-2-4-11(14)12(10)15/h2-4,9,14-15H,5-8H2,1H3. The summed E-state index contributed by atoms with van der Waals surface area (Å²) in [5.41, 5.74) is 0.892. The molecule has 1 aliphatic heterocycles. The fraction of sp³-hybridized carbons (Fsp3) is 0.500. The maximum absolute atomic E-state index is 9.75. The van der Waals surface area contributed by atoms with Crippen molar-refractivity contribution in [3.63, 3.8) is 0 Å². The second-order valence-electron chi connectivity index (χ2n) is 4.29. The molecule has 82 valence electrons. The number of piperidine rings is 1. The molecule has 1 heterocycles. The lowest BCUT2D eigenvalue weighted by Crippen LogP contribution is -2.29. The molecule has 1 aliphatic rings. The van der Waals surface area contributed by atoms with Gasteiger partial charge < -0.3 is 15.1 Å². The molecule has 2 rings (SSSR count). The van der Waals surface area contributed by atoms with Crippen LogP contribution < -0.4 is 0 Å². The van der Waals surface area contributed by atoms with E-state index in [-0.39, 0.29) is 11.5 Å². The Kier molecular flexibility index (Phi) is 2.82. The Morgan fingerprint density at radius 1 is 1.20 bits per heavy atom. The van der Waals surface area contributed by atoms with Gasteiger partial charge in [-0.2, -0.15) is 0 Å². The van der Waals surface area contributed by atoms with Crippen molar-refractivity contribution in [3.8, 4) is 11.5 Å². The zero-order valence-corrected chi connectivity index (χ0v) is 8.98. The van der Waals surface area contributed by atoms with Gasteiger partial charge in [0.15, 0.2) is 11.5 Å². The molecule has 1 fully saturated rings. The summed E-state index contributed by atoms with van der Waals surface area (Å²) in [6.07, 6.45) is 2.10. The molecule has 0 aliphatic carbocycles. The van der Waals surface area contributed by atoms with Crippen molar-refractivity contribution in [2.75, 3.05) is 20.1 Å². The predicted octanol–water partition coefficient (Wildman–Crippen LogP) is 1.91. The zero-order valence-electron chi connectivity index (χ0n) is 8.98. The van der Waals surface area contributed by atoms with E-state index in [1.807, 2.05) is 6.07 Å². The molecular formula is C12H17NO2. The molecule has 1 saturated heterocycles. The highest BCUT2D eigenvalue weighted by Gasteiger charge is 2.21. The predicted molar refractivity (Wildman–Crippen MR) is 59.2 cm³/mol. The maximum atomic E-state index is 9.75. The molecule has 1 aromatic rings. The Bertz CT molecular complexity index is 343. The van der Waals surface area contributed by atoms with E-state index in [9.17, 15) is 10.2 Å². The van der Waals surface area contributed by atoms with Gasteiger partial charge in [-0.1, -0.05) is 12.1 Å². The first-order valence-electron chi connectivity index (χ1n) is 5.38.